The first kappa shape index (κ1) is 15.8. The molecule has 0 aromatic heterocycles. The zero-order valence-electron chi connectivity index (χ0n) is 12.9. The average molecular weight is 305 g/mol. The van der Waals surface area contributed by atoms with Gasteiger partial charge < -0.3 is 4.74 Å². The van der Waals surface area contributed by atoms with Crippen LogP contribution in [0.25, 0.3) is 0 Å². The number of nitrogens with zero attached hydrogens (tertiary/aromatic N) is 3. The van der Waals surface area contributed by atoms with Gasteiger partial charge in [0.15, 0.2) is 0 Å². The summed E-state index contributed by atoms with van der Waals surface area (Å²) in [6.45, 7) is 6.31. The lowest BCUT2D eigenvalue weighted by Gasteiger charge is -2.38. The van der Waals surface area contributed by atoms with E-state index in [1.165, 1.54) is 17.1 Å². The van der Waals surface area contributed by atoms with Crippen LogP contribution in [-0.4, -0.2) is 34.7 Å². The van der Waals surface area contributed by atoms with Crippen LogP contribution in [0.2, 0.25) is 0 Å². The van der Waals surface area contributed by atoms with Gasteiger partial charge in [0.25, 0.3) is 5.69 Å². The Morgan fingerprint density at radius 1 is 1.18 bits per heavy atom. The topological polar surface area (TPSA) is 75.9 Å². The monoisotopic (exact) mass is 305 g/mol. The van der Waals surface area contributed by atoms with E-state index in [1.54, 1.807) is 37.9 Å². The van der Waals surface area contributed by atoms with Crippen LogP contribution in [0.1, 0.15) is 20.8 Å². The minimum atomic E-state index is -0.584. The molecule has 1 amide bonds. The van der Waals surface area contributed by atoms with Gasteiger partial charge in [0.1, 0.15) is 5.60 Å². The van der Waals surface area contributed by atoms with Crippen molar-refractivity contribution in [2.24, 2.45) is 0 Å². The van der Waals surface area contributed by atoms with E-state index in [1.807, 2.05) is 12.2 Å². The van der Waals surface area contributed by atoms with Crippen LogP contribution >= 0.6 is 0 Å². The first-order valence-electron chi connectivity index (χ1n) is 6.95. The Morgan fingerprint density at radius 2 is 1.77 bits per heavy atom. The number of hydrazine groups is 1. The fourth-order valence-electron chi connectivity index (χ4n) is 2.02. The molecule has 1 aliphatic rings. The summed E-state index contributed by atoms with van der Waals surface area (Å²) in [5.74, 6) is 0. The molecule has 2 rings (SSSR count). The van der Waals surface area contributed by atoms with Gasteiger partial charge in [-0.05, 0) is 32.9 Å². The van der Waals surface area contributed by atoms with E-state index in [0.29, 0.717) is 18.8 Å². The Hall–Kier alpha value is -2.57. The van der Waals surface area contributed by atoms with E-state index in [-0.39, 0.29) is 5.69 Å². The summed E-state index contributed by atoms with van der Waals surface area (Å²) in [4.78, 5) is 22.6. The van der Waals surface area contributed by atoms with Gasteiger partial charge in [-0.2, -0.15) is 0 Å². The second-order valence-corrected chi connectivity index (χ2v) is 5.89. The molecule has 0 unspecified atom stereocenters. The van der Waals surface area contributed by atoms with Crippen molar-refractivity contribution in [3.05, 3.63) is 46.5 Å². The minimum Gasteiger partial charge on any atom is -0.442 e. The van der Waals surface area contributed by atoms with E-state index in [2.05, 4.69) is 0 Å². The normalized spacial score (nSPS) is 14.9. The molecule has 0 spiro atoms. The number of ether oxygens (including phenoxy) is 1. The number of hydrogen-bond acceptors (Lipinski definition) is 5. The molecule has 1 aromatic rings. The molecular weight excluding hydrogens is 286 g/mol. The number of hydrogen-bond donors (Lipinski definition) is 0. The Balaban J connectivity index is 2.21. The van der Waals surface area contributed by atoms with Crippen molar-refractivity contribution in [2.45, 2.75) is 26.4 Å². The molecular formula is C15H19N3O4. The third-order valence-electron chi connectivity index (χ3n) is 2.98. The predicted octanol–water partition coefficient (Wildman–Crippen LogP) is 3.12. The van der Waals surface area contributed by atoms with Crippen molar-refractivity contribution < 1.29 is 14.5 Å². The predicted molar refractivity (Wildman–Crippen MR) is 82.5 cm³/mol. The van der Waals surface area contributed by atoms with E-state index < -0.39 is 16.6 Å². The number of anilines is 1. The van der Waals surface area contributed by atoms with Gasteiger partial charge in [0, 0.05) is 12.1 Å². The number of nitro benzene ring substituents is 1. The molecule has 1 aliphatic heterocycles. The Morgan fingerprint density at radius 3 is 2.32 bits per heavy atom. The molecule has 0 aliphatic carbocycles. The van der Waals surface area contributed by atoms with Gasteiger partial charge in [0.2, 0.25) is 0 Å². The molecule has 0 saturated heterocycles. The summed E-state index contributed by atoms with van der Waals surface area (Å²) in [6, 6.07) is 6.07. The minimum absolute atomic E-state index is 0.0140. The molecule has 118 valence electrons. The molecule has 0 N–H and O–H groups in total. The van der Waals surface area contributed by atoms with Crippen LogP contribution < -0.4 is 5.01 Å². The van der Waals surface area contributed by atoms with Gasteiger partial charge in [-0.3, -0.25) is 15.1 Å². The smallest absolute Gasteiger partial charge is 0.429 e. The summed E-state index contributed by atoms with van der Waals surface area (Å²) in [7, 11) is 0. The Bertz CT molecular complexity index is 590. The lowest BCUT2D eigenvalue weighted by molar-refractivity contribution is -0.384. The van der Waals surface area contributed by atoms with E-state index in [9.17, 15) is 14.9 Å². The van der Waals surface area contributed by atoms with E-state index in [4.69, 9.17) is 4.74 Å². The molecule has 0 fully saturated rings. The van der Waals surface area contributed by atoms with Crippen molar-refractivity contribution in [1.82, 2.24) is 5.01 Å². The molecule has 22 heavy (non-hydrogen) atoms. The van der Waals surface area contributed by atoms with Gasteiger partial charge in [-0.25, -0.2) is 9.80 Å². The highest BCUT2D eigenvalue weighted by molar-refractivity contribution is 5.72. The molecule has 0 radical (unpaired) electrons. The Labute approximate surface area is 128 Å². The number of benzene rings is 1. The summed E-state index contributed by atoms with van der Waals surface area (Å²) in [5.41, 5.74) is 0.125. The van der Waals surface area contributed by atoms with Gasteiger partial charge in [-0.1, -0.05) is 12.2 Å². The molecule has 1 heterocycles. The maximum absolute atomic E-state index is 12.3. The van der Waals surface area contributed by atoms with Gasteiger partial charge >= 0.3 is 6.09 Å². The number of nitro groups is 1. The molecule has 7 nitrogen and oxygen atoms in total. The molecule has 0 atom stereocenters. The van der Waals surface area contributed by atoms with Gasteiger partial charge in [0.05, 0.1) is 23.7 Å². The average Bonchev–Trinajstić information content (AvgIpc) is 2.45. The summed E-state index contributed by atoms with van der Waals surface area (Å²) in [6.07, 6.45) is 3.36. The maximum atomic E-state index is 12.3. The molecule has 0 bridgehead atoms. The van der Waals surface area contributed by atoms with Gasteiger partial charge in [-0.15, -0.1) is 0 Å². The van der Waals surface area contributed by atoms with Crippen molar-refractivity contribution in [2.75, 3.05) is 18.1 Å². The van der Waals surface area contributed by atoms with Crippen LogP contribution in [0, 0.1) is 10.1 Å². The standard InChI is InChI=1S/C15H19N3O4/c1-15(2,3)22-14(19)17-11-5-4-10-16(17)12-6-8-13(9-7-12)18(20)21/h4-9H,10-11H2,1-3H3. The Kier molecular flexibility index (Phi) is 4.35. The fourth-order valence-corrected chi connectivity index (χ4v) is 2.02. The van der Waals surface area contributed by atoms with E-state index >= 15 is 0 Å². The van der Waals surface area contributed by atoms with Crippen molar-refractivity contribution in [1.29, 1.82) is 0 Å². The third kappa shape index (κ3) is 3.75. The van der Waals surface area contributed by atoms with Crippen LogP contribution in [0.3, 0.4) is 0 Å². The quantitative estimate of drug-likeness (QED) is 0.476. The number of carbonyl (C=O) groups is 1. The highest BCUT2D eigenvalue weighted by Gasteiger charge is 2.27. The largest absolute Gasteiger partial charge is 0.442 e. The third-order valence-corrected chi connectivity index (χ3v) is 2.98. The summed E-state index contributed by atoms with van der Waals surface area (Å²) >= 11 is 0. The highest BCUT2D eigenvalue weighted by Crippen LogP contribution is 2.23. The van der Waals surface area contributed by atoms with Crippen LogP contribution in [0.15, 0.2) is 36.4 Å². The zero-order valence-corrected chi connectivity index (χ0v) is 12.9. The number of amides is 1. The van der Waals surface area contributed by atoms with Crippen molar-refractivity contribution in [3.8, 4) is 0 Å². The number of non-ortho nitro benzene ring substituents is 1. The van der Waals surface area contributed by atoms with Crippen molar-refractivity contribution >= 4 is 17.5 Å². The van der Waals surface area contributed by atoms with Crippen LogP contribution in [0.5, 0.6) is 0 Å². The van der Waals surface area contributed by atoms with Crippen LogP contribution in [-0.2, 0) is 4.74 Å². The fraction of sp³-hybridized carbons (Fsp3) is 0.400. The first-order chi connectivity index (χ1) is 10.3. The lowest BCUT2D eigenvalue weighted by atomic mass is 10.2. The summed E-state index contributed by atoms with van der Waals surface area (Å²) in [5, 5.41) is 13.9. The number of carbonyl (C=O) groups excluding carboxylic acids is 1. The first-order valence-corrected chi connectivity index (χ1v) is 6.95. The maximum Gasteiger partial charge on any atom is 0.429 e. The molecule has 0 saturated carbocycles. The lowest BCUT2D eigenvalue weighted by Crippen LogP contribution is -2.50. The SMILES string of the molecule is CC(C)(C)OC(=O)N1CC=CCN1c1ccc([N+](=O)[O-])cc1. The zero-order chi connectivity index (χ0) is 16.3. The molecule has 7 heteroatoms. The highest BCUT2D eigenvalue weighted by atomic mass is 16.6. The van der Waals surface area contributed by atoms with Crippen LogP contribution in [0.4, 0.5) is 16.2 Å². The molecule has 1 aromatic carbocycles. The second-order valence-electron chi connectivity index (χ2n) is 5.89. The second kappa shape index (κ2) is 6.05. The van der Waals surface area contributed by atoms with E-state index in [0.717, 1.165) is 0 Å². The number of rotatable bonds is 2. The van der Waals surface area contributed by atoms with Crippen molar-refractivity contribution in [3.63, 3.8) is 0 Å². The summed E-state index contributed by atoms with van der Waals surface area (Å²) < 4.78 is 5.39.